The smallest absolute Gasteiger partial charge is 0.343 e. The van der Waals surface area contributed by atoms with E-state index in [9.17, 15) is 4.79 Å². The van der Waals surface area contributed by atoms with E-state index >= 15 is 0 Å². The van der Waals surface area contributed by atoms with Crippen molar-refractivity contribution < 1.29 is 14.3 Å². The zero-order valence-corrected chi connectivity index (χ0v) is 23.6. The number of aromatic nitrogens is 3. The fourth-order valence-corrected chi connectivity index (χ4v) is 5.08. The maximum atomic E-state index is 12.5. The number of benzene rings is 2. The first-order valence-corrected chi connectivity index (χ1v) is 14.1. The molecule has 39 heavy (non-hydrogen) atoms. The summed E-state index contributed by atoms with van der Waals surface area (Å²) in [6.07, 6.45) is 8.65. The molecule has 0 amide bonds. The Hall–Kier alpha value is -3.73. The number of nitrogens with one attached hydrogen (secondary N) is 1. The average Bonchev–Trinajstić information content (AvgIpc) is 2.98. The van der Waals surface area contributed by atoms with Crippen molar-refractivity contribution in [2.45, 2.75) is 38.5 Å². The topological polar surface area (TPSA) is 105 Å². The summed E-state index contributed by atoms with van der Waals surface area (Å²) < 4.78 is 11.9. The number of piperidine rings is 2. The van der Waals surface area contributed by atoms with Crippen molar-refractivity contribution in [3.8, 4) is 11.5 Å². The molecule has 0 spiro atoms. The van der Waals surface area contributed by atoms with Gasteiger partial charge >= 0.3 is 5.97 Å². The number of esters is 1. The fourth-order valence-electron chi connectivity index (χ4n) is 4.68. The molecule has 0 aliphatic carbocycles. The Morgan fingerprint density at radius 2 is 1.59 bits per heavy atom. The van der Waals surface area contributed by atoms with Gasteiger partial charge in [0.25, 0.3) is 0 Å². The van der Waals surface area contributed by atoms with Crippen LogP contribution in [0.1, 0.15) is 54.4 Å². The lowest BCUT2D eigenvalue weighted by Gasteiger charge is -2.30. The van der Waals surface area contributed by atoms with E-state index in [1.807, 2.05) is 6.07 Å². The molecular formula is C28H32BrN7O3. The largest absolute Gasteiger partial charge is 0.496 e. The zero-order chi connectivity index (χ0) is 27.0. The molecule has 2 aromatic carbocycles. The van der Waals surface area contributed by atoms with Gasteiger partial charge in [-0.05, 0) is 68.9 Å². The molecule has 5 rings (SSSR count). The number of carbonyl (C=O) groups excluding carboxylic acids is 1. The first kappa shape index (κ1) is 26.9. The highest BCUT2D eigenvalue weighted by atomic mass is 79.9. The van der Waals surface area contributed by atoms with Gasteiger partial charge in [-0.1, -0.05) is 22.0 Å². The van der Waals surface area contributed by atoms with Crippen molar-refractivity contribution >= 4 is 46.0 Å². The molecule has 0 saturated carbocycles. The molecule has 2 fully saturated rings. The molecule has 2 aliphatic heterocycles. The molecule has 2 aliphatic rings. The second kappa shape index (κ2) is 12.9. The molecule has 0 atom stereocenters. The third-order valence-corrected chi connectivity index (χ3v) is 7.23. The van der Waals surface area contributed by atoms with Crippen LogP contribution >= 0.6 is 15.9 Å². The number of nitrogens with zero attached hydrogens (tertiary/aromatic N) is 6. The minimum absolute atomic E-state index is 0.372. The lowest BCUT2D eigenvalue weighted by atomic mass is 10.1. The van der Waals surface area contributed by atoms with Crippen LogP contribution in [0, 0.1) is 0 Å². The summed E-state index contributed by atoms with van der Waals surface area (Å²) in [5, 5.41) is 4.38. The van der Waals surface area contributed by atoms with E-state index in [2.05, 4.69) is 46.2 Å². The minimum Gasteiger partial charge on any atom is -0.496 e. The summed E-state index contributed by atoms with van der Waals surface area (Å²) in [6.45, 7) is 3.79. The second-order valence-corrected chi connectivity index (χ2v) is 10.4. The van der Waals surface area contributed by atoms with E-state index in [4.69, 9.17) is 14.5 Å². The zero-order valence-electron chi connectivity index (χ0n) is 22.0. The Balaban J connectivity index is 1.31. The predicted octanol–water partition coefficient (Wildman–Crippen LogP) is 5.29. The first-order valence-electron chi connectivity index (χ1n) is 13.3. The van der Waals surface area contributed by atoms with Crippen LogP contribution in [0.25, 0.3) is 0 Å². The van der Waals surface area contributed by atoms with Crippen molar-refractivity contribution in [2.75, 3.05) is 48.5 Å². The highest BCUT2D eigenvalue weighted by Crippen LogP contribution is 2.26. The van der Waals surface area contributed by atoms with Crippen LogP contribution < -0.4 is 24.7 Å². The number of hydrazone groups is 1. The number of rotatable bonds is 8. The van der Waals surface area contributed by atoms with Gasteiger partial charge in [-0.15, -0.1) is 0 Å². The van der Waals surface area contributed by atoms with Gasteiger partial charge in [-0.2, -0.15) is 20.1 Å². The summed E-state index contributed by atoms with van der Waals surface area (Å²) in [4.78, 5) is 31.1. The number of hydrogen-bond donors (Lipinski definition) is 1. The van der Waals surface area contributed by atoms with Crippen LogP contribution in [0.3, 0.4) is 0 Å². The van der Waals surface area contributed by atoms with Crippen LogP contribution in [-0.4, -0.2) is 60.4 Å². The Bertz CT molecular complexity index is 1290. The van der Waals surface area contributed by atoms with Crippen LogP contribution in [0.2, 0.25) is 0 Å². The van der Waals surface area contributed by atoms with Crippen molar-refractivity contribution in [3.05, 3.63) is 58.1 Å². The van der Waals surface area contributed by atoms with Crippen LogP contribution in [-0.2, 0) is 0 Å². The van der Waals surface area contributed by atoms with Gasteiger partial charge < -0.3 is 19.3 Å². The highest BCUT2D eigenvalue weighted by Gasteiger charge is 2.20. The highest BCUT2D eigenvalue weighted by molar-refractivity contribution is 9.10. The van der Waals surface area contributed by atoms with Gasteiger partial charge in [0.2, 0.25) is 17.8 Å². The molecular weight excluding hydrogens is 562 g/mol. The van der Waals surface area contributed by atoms with Crippen molar-refractivity contribution in [2.24, 2.45) is 5.10 Å². The third-order valence-electron chi connectivity index (χ3n) is 6.73. The Labute approximate surface area is 236 Å². The molecule has 1 aromatic heterocycles. The number of hydrogen-bond acceptors (Lipinski definition) is 10. The first-order chi connectivity index (χ1) is 19.1. The molecule has 11 heteroatoms. The van der Waals surface area contributed by atoms with Gasteiger partial charge in [0, 0.05) is 42.3 Å². The van der Waals surface area contributed by atoms with Gasteiger partial charge in [-0.25, -0.2) is 10.2 Å². The summed E-state index contributed by atoms with van der Waals surface area (Å²) >= 11 is 3.37. The molecule has 0 unspecified atom stereocenters. The van der Waals surface area contributed by atoms with Gasteiger partial charge in [0.05, 0.1) is 18.9 Å². The summed E-state index contributed by atoms with van der Waals surface area (Å²) in [7, 11) is 1.56. The van der Waals surface area contributed by atoms with Crippen LogP contribution in [0.15, 0.2) is 52.0 Å². The molecule has 10 nitrogen and oxygen atoms in total. The fraction of sp³-hybridized carbons (Fsp3) is 0.393. The monoisotopic (exact) mass is 593 g/mol. The molecule has 204 valence electrons. The van der Waals surface area contributed by atoms with Gasteiger partial charge in [0.15, 0.2) is 0 Å². The van der Waals surface area contributed by atoms with Crippen molar-refractivity contribution in [1.29, 1.82) is 0 Å². The minimum atomic E-state index is -0.453. The van der Waals surface area contributed by atoms with Gasteiger partial charge in [0.1, 0.15) is 11.5 Å². The van der Waals surface area contributed by atoms with Crippen molar-refractivity contribution in [1.82, 2.24) is 15.0 Å². The van der Waals surface area contributed by atoms with E-state index < -0.39 is 5.97 Å². The summed E-state index contributed by atoms with van der Waals surface area (Å²) in [5.74, 6) is 2.22. The van der Waals surface area contributed by atoms with Gasteiger partial charge in [-0.3, -0.25) is 0 Å². The van der Waals surface area contributed by atoms with Crippen molar-refractivity contribution in [3.63, 3.8) is 0 Å². The van der Waals surface area contributed by atoms with Crippen LogP contribution in [0.5, 0.6) is 11.5 Å². The normalized spacial score (nSPS) is 15.8. The standard InChI is InChI=1S/C28H32BrN7O3/c1-38-24-18-23(39-25(37)20-9-8-10-22(29)17-20)12-11-21(24)19-30-34-26-31-27(35-13-4-2-5-14-35)33-28(32-26)36-15-6-3-7-16-36/h8-12,17-19H,2-7,13-16H2,1H3,(H,31,32,33,34)/b30-19-. The molecule has 2 saturated heterocycles. The average molecular weight is 595 g/mol. The third kappa shape index (κ3) is 7.03. The lowest BCUT2D eigenvalue weighted by molar-refractivity contribution is 0.0734. The number of ether oxygens (including phenoxy) is 2. The Morgan fingerprint density at radius 1 is 0.923 bits per heavy atom. The lowest BCUT2D eigenvalue weighted by Crippen LogP contribution is -2.34. The summed E-state index contributed by atoms with van der Waals surface area (Å²) in [6, 6.07) is 12.2. The number of anilines is 3. The SMILES string of the molecule is COc1cc(OC(=O)c2cccc(Br)c2)ccc1/C=N\Nc1nc(N2CCCCC2)nc(N2CCCCC2)n1. The molecule has 1 N–H and O–H groups in total. The van der Waals surface area contributed by atoms with E-state index in [1.54, 1.807) is 49.7 Å². The summed E-state index contributed by atoms with van der Waals surface area (Å²) in [5.41, 5.74) is 4.14. The van der Waals surface area contributed by atoms with E-state index in [1.165, 1.54) is 12.8 Å². The van der Waals surface area contributed by atoms with E-state index in [-0.39, 0.29) is 0 Å². The van der Waals surface area contributed by atoms with E-state index in [0.29, 0.717) is 40.5 Å². The number of carbonyl (C=O) groups is 1. The number of halogens is 1. The Kier molecular flexibility index (Phi) is 8.87. The predicted molar refractivity (Wildman–Crippen MR) is 155 cm³/mol. The van der Waals surface area contributed by atoms with E-state index in [0.717, 1.165) is 56.3 Å². The second-order valence-electron chi connectivity index (χ2n) is 9.53. The molecule has 3 heterocycles. The molecule has 3 aromatic rings. The number of methoxy groups -OCH3 is 1. The maximum absolute atomic E-state index is 12.5. The van der Waals surface area contributed by atoms with Crippen LogP contribution in [0.4, 0.5) is 17.8 Å². The molecule has 0 radical (unpaired) electrons. The Morgan fingerprint density at radius 3 is 2.21 bits per heavy atom. The molecule has 0 bridgehead atoms. The maximum Gasteiger partial charge on any atom is 0.343 e. The quantitative estimate of drug-likeness (QED) is 0.161.